The van der Waals surface area contributed by atoms with Gasteiger partial charge in [-0.15, -0.1) is 6.58 Å². The Balaban J connectivity index is 2.43. The molecule has 0 radical (unpaired) electrons. The molecule has 0 aliphatic heterocycles. The molecule has 3 amide bonds. The Kier molecular flexibility index (Phi) is 9.23. The molecule has 0 fully saturated rings. The molecule has 0 saturated carbocycles. The largest absolute Gasteiger partial charge is 0.444 e. The lowest BCUT2D eigenvalue weighted by Crippen LogP contribution is -2.51. The van der Waals surface area contributed by atoms with Crippen LogP contribution >= 0.6 is 0 Å². The van der Waals surface area contributed by atoms with Gasteiger partial charge in [0, 0.05) is 12.2 Å². The fourth-order valence-corrected chi connectivity index (χ4v) is 3.68. The zero-order chi connectivity index (χ0) is 26.3. The van der Waals surface area contributed by atoms with Crippen LogP contribution in [0.3, 0.4) is 0 Å². The van der Waals surface area contributed by atoms with Crippen molar-refractivity contribution in [3.8, 4) is 0 Å². The van der Waals surface area contributed by atoms with Gasteiger partial charge in [-0.05, 0) is 65.2 Å². The van der Waals surface area contributed by atoms with Gasteiger partial charge in [0.25, 0.3) is 5.91 Å². The molecule has 2 atom stereocenters. The molecular formula is C28H37N3O4. The van der Waals surface area contributed by atoms with E-state index in [-0.39, 0.29) is 12.5 Å². The second-order valence-electron chi connectivity index (χ2n) is 9.72. The highest BCUT2D eigenvalue weighted by atomic mass is 16.6. The van der Waals surface area contributed by atoms with E-state index < -0.39 is 29.7 Å². The van der Waals surface area contributed by atoms with Gasteiger partial charge >= 0.3 is 6.09 Å². The first kappa shape index (κ1) is 27.6. The van der Waals surface area contributed by atoms with E-state index in [1.54, 1.807) is 33.8 Å². The van der Waals surface area contributed by atoms with Gasteiger partial charge in [-0.3, -0.25) is 9.59 Å². The molecule has 0 aromatic heterocycles. The van der Waals surface area contributed by atoms with Gasteiger partial charge in [0.05, 0.1) is 0 Å². The zero-order valence-electron chi connectivity index (χ0n) is 21.8. The minimum absolute atomic E-state index is 0.109. The van der Waals surface area contributed by atoms with Gasteiger partial charge in [0.2, 0.25) is 5.91 Å². The highest BCUT2D eigenvalue weighted by molar-refractivity contribution is 5.99. The van der Waals surface area contributed by atoms with Gasteiger partial charge in [-0.1, -0.05) is 54.1 Å². The number of amides is 3. The van der Waals surface area contributed by atoms with Crippen LogP contribution in [0.25, 0.3) is 0 Å². The Morgan fingerprint density at radius 3 is 2.11 bits per heavy atom. The number of carbonyl (C=O) groups excluding carboxylic acids is 3. The molecule has 0 heterocycles. The molecule has 2 aromatic carbocycles. The van der Waals surface area contributed by atoms with Crippen LogP contribution in [0.15, 0.2) is 55.1 Å². The van der Waals surface area contributed by atoms with Crippen LogP contribution in [-0.4, -0.2) is 41.0 Å². The van der Waals surface area contributed by atoms with Crippen LogP contribution in [-0.2, 0) is 14.3 Å². The summed E-state index contributed by atoms with van der Waals surface area (Å²) in [6.45, 7) is 16.5. The molecule has 0 spiro atoms. The highest BCUT2D eigenvalue weighted by Crippen LogP contribution is 2.27. The smallest absolute Gasteiger partial charge is 0.408 e. The number of aryl methyl sites for hydroxylation is 3. The van der Waals surface area contributed by atoms with Crippen molar-refractivity contribution in [1.82, 2.24) is 10.2 Å². The number of hydrogen-bond donors (Lipinski definition) is 2. The third kappa shape index (κ3) is 7.70. The lowest BCUT2D eigenvalue weighted by molar-refractivity contribution is -0.139. The van der Waals surface area contributed by atoms with E-state index in [4.69, 9.17) is 4.74 Å². The molecule has 2 rings (SSSR count). The minimum atomic E-state index is -0.942. The van der Waals surface area contributed by atoms with Gasteiger partial charge in [-0.2, -0.15) is 0 Å². The lowest BCUT2D eigenvalue weighted by atomic mass is 10.0. The summed E-state index contributed by atoms with van der Waals surface area (Å²) < 4.78 is 5.29. The summed E-state index contributed by atoms with van der Waals surface area (Å²) in [6, 6.07) is 11.4. The Morgan fingerprint density at radius 2 is 1.60 bits per heavy atom. The van der Waals surface area contributed by atoms with Gasteiger partial charge in [0.1, 0.15) is 17.7 Å². The van der Waals surface area contributed by atoms with E-state index in [9.17, 15) is 14.4 Å². The van der Waals surface area contributed by atoms with Crippen LogP contribution < -0.4 is 10.6 Å². The summed E-state index contributed by atoms with van der Waals surface area (Å²) in [5, 5.41) is 5.60. The van der Waals surface area contributed by atoms with Crippen molar-refractivity contribution in [1.29, 1.82) is 0 Å². The Labute approximate surface area is 208 Å². The topological polar surface area (TPSA) is 87.7 Å². The van der Waals surface area contributed by atoms with Crippen molar-refractivity contribution in [3.05, 3.63) is 77.4 Å². The molecule has 0 aliphatic carbocycles. The molecule has 2 unspecified atom stereocenters. The summed E-state index contributed by atoms with van der Waals surface area (Å²) >= 11 is 0. The minimum Gasteiger partial charge on any atom is -0.444 e. The van der Waals surface area contributed by atoms with E-state index in [1.807, 2.05) is 63.2 Å². The van der Waals surface area contributed by atoms with E-state index in [1.165, 1.54) is 4.90 Å². The van der Waals surface area contributed by atoms with E-state index in [2.05, 4.69) is 17.2 Å². The molecule has 0 saturated heterocycles. The van der Waals surface area contributed by atoms with Gasteiger partial charge < -0.3 is 20.3 Å². The molecule has 2 aromatic rings. The predicted octanol–water partition coefficient (Wildman–Crippen LogP) is 5.22. The number of alkyl carbamates (subject to hydrolysis) is 1. The van der Waals surface area contributed by atoms with Crippen molar-refractivity contribution >= 4 is 23.6 Å². The molecule has 188 valence electrons. The maximum Gasteiger partial charge on any atom is 0.408 e. The van der Waals surface area contributed by atoms with E-state index in [0.29, 0.717) is 11.3 Å². The Hall–Kier alpha value is -3.61. The second-order valence-corrected chi connectivity index (χ2v) is 9.72. The van der Waals surface area contributed by atoms with Crippen molar-refractivity contribution in [2.75, 3.05) is 11.9 Å². The molecule has 0 aliphatic rings. The van der Waals surface area contributed by atoms with E-state index >= 15 is 0 Å². The zero-order valence-corrected chi connectivity index (χ0v) is 21.8. The normalized spacial score (nSPS) is 12.8. The summed E-state index contributed by atoms with van der Waals surface area (Å²) in [5.74, 6) is -0.788. The standard InChI is InChI=1S/C28H37N3O4/c1-9-17-31(26(33)21(5)29-27(34)35-28(6,7)8)24(22-15-13-18(2)14-16-22)25(32)30-23-19(3)11-10-12-20(23)4/h9-16,21,24H,1,17H2,2-8H3,(H,29,34)(H,30,32). The van der Waals surface area contributed by atoms with Crippen molar-refractivity contribution in [3.63, 3.8) is 0 Å². The Bertz CT molecular complexity index is 1050. The molecule has 35 heavy (non-hydrogen) atoms. The number of carbonyl (C=O) groups is 3. The quantitative estimate of drug-likeness (QED) is 0.508. The van der Waals surface area contributed by atoms with Crippen molar-refractivity contribution in [2.24, 2.45) is 0 Å². The van der Waals surface area contributed by atoms with Gasteiger partial charge in [0.15, 0.2) is 0 Å². The number of para-hydroxylation sites is 1. The number of nitrogens with zero attached hydrogens (tertiary/aromatic N) is 1. The van der Waals surface area contributed by atoms with Crippen molar-refractivity contribution in [2.45, 2.75) is 66.2 Å². The first-order chi connectivity index (χ1) is 16.3. The van der Waals surface area contributed by atoms with Crippen molar-refractivity contribution < 1.29 is 19.1 Å². The molecule has 7 heteroatoms. The maximum atomic E-state index is 13.7. The fourth-order valence-electron chi connectivity index (χ4n) is 3.68. The number of ether oxygens (including phenoxy) is 1. The maximum absolute atomic E-state index is 13.7. The molecule has 0 bridgehead atoms. The third-order valence-corrected chi connectivity index (χ3v) is 5.39. The number of hydrogen-bond acceptors (Lipinski definition) is 4. The average Bonchev–Trinajstić information content (AvgIpc) is 2.75. The summed E-state index contributed by atoms with van der Waals surface area (Å²) in [7, 11) is 0. The monoisotopic (exact) mass is 479 g/mol. The summed E-state index contributed by atoms with van der Waals surface area (Å²) in [4.78, 5) is 40.9. The van der Waals surface area contributed by atoms with Crippen LogP contribution in [0.2, 0.25) is 0 Å². The Morgan fingerprint density at radius 1 is 1.03 bits per heavy atom. The van der Waals surface area contributed by atoms with E-state index in [0.717, 1.165) is 16.7 Å². The number of anilines is 1. The van der Waals surface area contributed by atoms with Crippen LogP contribution in [0.5, 0.6) is 0 Å². The third-order valence-electron chi connectivity index (χ3n) is 5.39. The predicted molar refractivity (Wildman–Crippen MR) is 139 cm³/mol. The number of rotatable bonds is 8. The second kappa shape index (κ2) is 11.7. The summed E-state index contributed by atoms with van der Waals surface area (Å²) in [6.07, 6.45) is 0.856. The molecule has 7 nitrogen and oxygen atoms in total. The van der Waals surface area contributed by atoms with Gasteiger partial charge in [-0.25, -0.2) is 4.79 Å². The van der Waals surface area contributed by atoms with Crippen LogP contribution in [0.1, 0.15) is 56.0 Å². The van der Waals surface area contributed by atoms with Crippen LogP contribution in [0, 0.1) is 20.8 Å². The SMILES string of the molecule is C=CCN(C(=O)C(C)NC(=O)OC(C)(C)C)C(C(=O)Nc1c(C)cccc1C)c1ccc(C)cc1. The number of benzene rings is 2. The molecular weight excluding hydrogens is 442 g/mol. The first-order valence-corrected chi connectivity index (χ1v) is 11.7. The fraction of sp³-hybridized carbons (Fsp3) is 0.393. The highest BCUT2D eigenvalue weighted by Gasteiger charge is 2.34. The van der Waals surface area contributed by atoms with Crippen LogP contribution in [0.4, 0.5) is 10.5 Å². The first-order valence-electron chi connectivity index (χ1n) is 11.7. The lowest BCUT2D eigenvalue weighted by Gasteiger charge is -2.33. The average molecular weight is 480 g/mol. The molecule has 2 N–H and O–H groups in total. The summed E-state index contributed by atoms with van der Waals surface area (Å²) in [5.41, 5.74) is 3.53. The number of nitrogens with one attached hydrogen (secondary N) is 2.